The maximum Gasteiger partial charge on any atom is 0.337 e. The molecule has 0 atom stereocenters. The number of nitrogens with one attached hydrogen (secondary N) is 3. The van der Waals surface area contributed by atoms with Gasteiger partial charge in [0.1, 0.15) is 5.82 Å². The summed E-state index contributed by atoms with van der Waals surface area (Å²) in [5, 5.41) is 7.91. The minimum absolute atomic E-state index is 0.346. The number of aliphatic imine (C=N–C) groups is 2. The van der Waals surface area contributed by atoms with Gasteiger partial charge in [-0.1, -0.05) is 43.3 Å². The third-order valence-corrected chi connectivity index (χ3v) is 6.43. The zero-order valence-electron chi connectivity index (χ0n) is 21.4. The normalized spacial score (nSPS) is 14.5. The van der Waals surface area contributed by atoms with Crippen molar-refractivity contribution < 1.29 is 9.53 Å². The van der Waals surface area contributed by atoms with E-state index in [9.17, 15) is 4.79 Å². The number of esters is 1. The Morgan fingerprint density at radius 3 is 2.67 bits per heavy atom. The largest absolute Gasteiger partial charge is 0.465 e. The van der Waals surface area contributed by atoms with E-state index in [4.69, 9.17) is 14.7 Å². The van der Waals surface area contributed by atoms with E-state index in [-0.39, 0.29) is 5.97 Å². The standard InChI is InChI=1S/C29H37N5O2/c1-3-30-15-7-16-31-17-8-18-32-25-14-12-23(19-21-9-5-4-6-10-21)33-28-27(25)24-13-11-22(29(35)36-2)20-26(24)34-28/h4-6,9-11,13,20,30-31,34H,3,7-8,12,14-19H2,1-2H3. The fraction of sp³-hybridized carbons (Fsp3) is 0.414. The molecule has 0 bridgehead atoms. The van der Waals surface area contributed by atoms with Crippen LogP contribution in [0.25, 0.3) is 10.9 Å². The Morgan fingerprint density at radius 1 is 1.06 bits per heavy atom. The van der Waals surface area contributed by atoms with E-state index < -0.39 is 0 Å². The van der Waals surface area contributed by atoms with Crippen molar-refractivity contribution in [3.63, 3.8) is 0 Å². The van der Waals surface area contributed by atoms with Crippen LogP contribution in [0.1, 0.15) is 54.1 Å². The fourth-order valence-electron chi connectivity index (χ4n) is 4.58. The highest BCUT2D eigenvalue weighted by Crippen LogP contribution is 2.34. The van der Waals surface area contributed by atoms with Gasteiger partial charge in [-0.25, -0.2) is 9.79 Å². The van der Waals surface area contributed by atoms with Crippen molar-refractivity contribution in [3.8, 4) is 0 Å². The molecule has 7 nitrogen and oxygen atoms in total. The second-order valence-corrected chi connectivity index (χ2v) is 9.08. The van der Waals surface area contributed by atoms with E-state index in [0.29, 0.717) is 5.56 Å². The molecule has 36 heavy (non-hydrogen) atoms. The first-order chi connectivity index (χ1) is 17.7. The van der Waals surface area contributed by atoms with Crippen LogP contribution in [-0.4, -0.2) is 62.2 Å². The Bertz CT molecular complexity index is 1210. The van der Waals surface area contributed by atoms with Gasteiger partial charge in [0, 0.05) is 40.9 Å². The van der Waals surface area contributed by atoms with Gasteiger partial charge in [-0.2, -0.15) is 0 Å². The summed E-state index contributed by atoms with van der Waals surface area (Å²) >= 11 is 0. The minimum Gasteiger partial charge on any atom is -0.465 e. The lowest BCUT2D eigenvalue weighted by molar-refractivity contribution is 0.0601. The van der Waals surface area contributed by atoms with Gasteiger partial charge in [-0.3, -0.25) is 4.99 Å². The molecule has 4 rings (SSSR count). The maximum absolute atomic E-state index is 12.1. The molecule has 0 spiro atoms. The number of aromatic nitrogens is 1. The number of fused-ring (bicyclic) bond motifs is 3. The number of carbonyl (C=O) groups excluding carboxylic acids is 1. The summed E-state index contributed by atoms with van der Waals surface area (Å²) in [6.07, 6.45) is 4.66. The SMILES string of the molecule is CCNCCCNCCCN=C1CCC(Cc2ccccc2)=Nc2[nH]c3cc(C(=O)OC)ccc3c21. The van der Waals surface area contributed by atoms with Gasteiger partial charge >= 0.3 is 5.97 Å². The van der Waals surface area contributed by atoms with E-state index in [2.05, 4.69) is 46.8 Å². The molecule has 2 aromatic carbocycles. The third-order valence-electron chi connectivity index (χ3n) is 6.43. The molecule has 0 radical (unpaired) electrons. The first-order valence-corrected chi connectivity index (χ1v) is 13.0. The van der Waals surface area contributed by atoms with Crippen molar-refractivity contribution in [1.29, 1.82) is 0 Å². The number of ether oxygens (including phenoxy) is 1. The van der Waals surface area contributed by atoms with Crippen LogP contribution in [0.3, 0.4) is 0 Å². The Morgan fingerprint density at radius 2 is 1.86 bits per heavy atom. The Kier molecular flexibility index (Phi) is 9.41. The van der Waals surface area contributed by atoms with Crippen molar-refractivity contribution in [2.45, 2.75) is 39.0 Å². The van der Waals surface area contributed by atoms with Crippen molar-refractivity contribution in [3.05, 3.63) is 65.2 Å². The summed E-state index contributed by atoms with van der Waals surface area (Å²) < 4.78 is 4.91. The number of nitrogens with zero attached hydrogens (tertiary/aromatic N) is 2. The fourth-order valence-corrected chi connectivity index (χ4v) is 4.58. The Hall–Kier alpha value is -3.29. The molecular formula is C29H37N5O2. The lowest BCUT2D eigenvalue weighted by atomic mass is 10.0. The van der Waals surface area contributed by atoms with Crippen LogP contribution in [0, 0.1) is 0 Å². The number of carbonyl (C=O) groups is 1. The monoisotopic (exact) mass is 487 g/mol. The number of hydrogen-bond acceptors (Lipinski definition) is 6. The number of methoxy groups -OCH3 is 1. The molecule has 3 aromatic rings. The van der Waals surface area contributed by atoms with E-state index >= 15 is 0 Å². The Labute approximate surface area is 213 Å². The molecule has 1 aromatic heterocycles. The molecule has 0 unspecified atom stereocenters. The van der Waals surface area contributed by atoms with Crippen LogP contribution in [0.2, 0.25) is 0 Å². The maximum atomic E-state index is 12.1. The number of rotatable bonds is 12. The average Bonchev–Trinajstić information content (AvgIpc) is 3.17. The molecule has 3 N–H and O–H groups in total. The van der Waals surface area contributed by atoms with E-state index in [1.165, 1.54) is 12.7 Å². The molecule has 0 fully saturated rings. The van der Waals surface area contributed by atoms with E-state index in [1.54, 1.807) is 0 Å². The molecule has 7 heteroatoms. The quantitative estimate of drug-likeness (QED) is 0.252. The van der Waals surface area contributed by atoms with Gasteiger partial charge in [-0.05, 0) is 69.6 Å². The molecule has 190 valence electrons. The van der Waals surface area contributed by atoms with Gasteiger partial charge < -0.3 is 20.4 Å². The summed E-state index contributed by atoms with van der Waals surface area (Å²) in [4.78, 5) is 25.6. The van der Waals surface area contributed by atoms with Crippen LogP contribution in [-0.2, 0) is 11.2 Å². The molecule has 0 amide bonds. The van der Waals surface area contributed by atoms with Crippen molar-refractivity contribution in [2.24, 2.45) is 9.98 Å². The highest BCUT2D eigenvalue weighted by molar-refractivity contribution is 6.17. The number of benzene rings is 2. The van der Waals surface area contributed by atoms with Gasteiger partial charge in [0.25, 0.3) is 0 Å². The van der Waals surface area contributed by atoms with E-state index in [1.807, 2.05) is 24.3 Å². The summed E-state index contributed by atoms with van der Waals surface area (Å²) in [5.74, 6) is 0.484. The summed E-state index contributed by atoms with van der Waals surface area (Å²) in [6, 6.07) is 16.1. The van der Waals surface area contributed by atoms with Crippen LogP contribution in [0.4, 0.5) is 5.82 Å². The van der Waals surface area contributed by atoms with Gasteiger partial charge in [0.2, 0.25) is 0 Å². The van der Waals surface area contributed by atoms with Gasteiger partial charge in [0.05, 0.1) is 12.7 Å². The number of aromatic amines is 1. The molecule has 2 heterocycles. The molecule has 0 saturated heterocycles. The molecule has 0 saturated carbocycles. The summed E-state index contributed by atoms with van der Waals surface area (Å²) in [5.41, 5.74) is 5.93. The lowest BCUT2D eigenvalue weighted by Crippen LogP contribution is -2.22. The zero-order valence-corrected chi connectivity index (χ0v) is 21.4. The first kappa shape index (κ1) is 25.8. The van der Waals surface area contributed by atoms with Crippen LogP contribution >= 0.6 is 0 Å². The van der Waals surface area contributed by atoms with Gasteiger partial charge in [0.15, 0.2) is 0 Å². The second kappa shape index (κ2) is 13.1. The topological polar surface area (TPSA) is 90.9 Å². The summed E-state index contributed by atoms with van der Waals surface area (Å²) in [6.45, 7) is 6.96. The van der Waals surface area contributed by atoms with E-state index in [0.717, 1.165) is 98.5 Å². The second-order valence-electron chi connectivity index (χ2n) is 9.08. The highest BCUT2D eigenvalue weighted by Gasteiger charge is 2.22. The van der Waals surface area contributed by atoms with Crippen molar-refractivity contribution >= 4 is 34.1 Å². The van der Waals surface area contributed by atoms with Gasteiger partial charge in [-0.15, -0.1) is 0 Å². The lowest BCUT2D eigenvalue weighted by Gasteiger charge is -2.07. The highest BCUT2D eigenvalue weighted by atomic mass is 16.5. The number of H-pyrrole nitrogens is 1. The van der Waals surface area contributed by atoms with Crippen molar-refractivity contribution in [1.82, 2.24) is 15.6 Å². The molecular weight excluding hydrogens is 450 g/mol. The van der Waals surface area contributed by atoms with Crippen LogP contribution < -0.4 is 10.6 Å². The number of hydrogen-bond donors (Lipinski definition) is 3. The molecule has 0 aliphatic carbocycles. The predicted molar refractivity (Wildman–Crippen MR) is 148 cm³/mol. The smallest absolute Gasteiger partial charge is 0.337 e. The predicted octanol–water partition coefficient (Wildman–Crippen LogP) is 4.83. The van der Waals surface area contributed by atoms with Crippen LogP contribution in [0.5, 0.6) is 0 Å². The minimum atomic E-state index is -0.346. The van der Waals surface area contributed by atoms with Crippen molar-refractivity contribution in [2.75, 3.05) is 39.8 Å². The Balaban J connectivity index is 1.53. The summed E-state index contributed by atoms with van der Waals surface area (Å²) in [7, 11) is 1.40. The third kappa shape index (κ3) is 6.68. The molecule has 1 aliphatic heterocycles. The average molecular weight is 488 g/mol. The first-order valence-electron chi connectivity index (χ1n) is 13.0. The zero-order chi connectivity index (χ0) is 25.2. The van der Waals surface area contributed by atoms with Crippen LogP contribution in [0.15, 0.2) is 58.5 Å². The molecule has 1 aliphatic rings.